The van der Waals surface area contributed by atoms with Gasteiger partial charge in [-0.1, -0.05) is 13.8 Å². The number of rotatable bonds is 8. The molecule has 0 aliphatic heterocycles. The lowest BCUT2D eigenvalue weighted by Crippen LogP contribution is -2.31. The predicted molar refractivity (Wildman–Crippen MR) is 76.9 cm³/mol. The van der Waals surface area contributed by atoms with Crippen LogP contribution in [0.25, 0.3) is 0 Å². The Hall–Kier alpha value is -0.610. The second kappa shape index (κ2) is 7.67. The quantitative estimate of drug-likeness (QED) is 0.723. The molecule has 0 bridgehead atoms. The van der Waals surface area contributed by atoms with Crippen LogP contribution in [0.2, 0.25) is 0 Å². The molecule has 1 rings (SSSR count). The molecule has 0 aliphatic carbocycles. The molecule has 0 saturated heterocycles. The molecule has 0 amide bonds. The van der Waals surface area contributed by atoms with Crippen LogP contribution in [0.1, 0.15) is 46.2 Å². The van der Waals surface area contributed by atoms with Gasteiger partial charge in [0.15, 0.2) is 5.13 Å². The van der Waals surface area contributed by atoms with Gasteiger partial charge in [0.1, 0.15) is 0 Å². The molecule has 1 aromatic heterocycles. The van der Waals surface area contributed by atoms with Crippen LogP contribution in [0.5, 0.6) is 0 Å². The maximum Gasteiger partial charge on any atom is 0.185 e. The molecule has 17 heavy (non-hydrogen) atoms. The summed E-state index contributed by atoms with van der Waals surface area (Å²) in [4.78, 5) is 7.09. The van der Waals surface area contributed by atoms with Crippen molar-refractivity contribution in [3.05, 3.63) is 11.1 Å². The van der Waals surface area contributed by atoms with E-state index in [-0.39, 0.29) is 0 Å². The molecular formula is C13H25N3S. The highest BCUT2D eigenvalue weighted by molar-refractivity contribution is 7.13. The largest absolute Gasteiger partial charge is 0.346 e. The minimum absolute atomic E-state index is 0.526. The summed E-state index contributed by atoms with van der Waals surface area (Å²) in [6.45, 7) is 11.9. The molecule has 1 aromatic rings. The van der Waals surface area contributed by atoms with E-state index in [0.29, 0.717) is 6.04 Å². The Kier molecular flexibility index (Phi) is 6.52. The molecule has 1 N–H and O–H groups in total. The fraction of sp³-hybridized carbons (Fsp3) is 0.769. The summed E-state index contributed by atoms with van der Waals surface area (Å²) < 4.78 is 0. The zero-order valence-electron chi connectivity index (χ0n) is 11.5. The van der Waals surface area contributed by atoms with E-state index in [0.717, 1.165) is 24.8 Å². The van der Waals surface area contributed by atoms with Gasteiger partial charge in [-0.15, -0.1) is 11.3 Å². The van der Waals surface area contributed by atoms with Crippen molar-refractivity contribution in [2.45, 2.75) is 53.1 Å². The van der Waals surface area contributed by atoms with E-state index in [1.165, 1.54) is 18.5 Å². The van der Waals surface area contributed by atoms with E-state index in [9.17, 15) is 0 Å². The Balaban J connectivity index is 2.58. The van der Waals surface area contributed by atoms with Gasteiger partial charge < -0.3 is 10.2 Å². The molecule has 3 nitrogen and oxygen atoms in total. The Bertz CT molecular complexity index is 309. The van der Waals surface area contributed by atoms with Crippen LogP contribution in [0.4, 0.5) is 5.13 Å². The van der Waals surface area contributed by atoms with Gasteiger partial charge in [0, 0.05) is 24.5 Å². The SMILES string of the molecule is CCCNCc1csc(N(CCC)C(C)C)n1. The van der Waals surface area contributed by atoms with Gasteiger partial charge >= 0.3 is 0 Å². The third-order valence-corrected chi connectivity index (χ3v) is 3.53. The van der Waals surface area contributed by atoms with Gasteiger partial charge in [-0.2, -0.15) is 0 Å². The Morgan fingerprint density at radius 2 is 2.12 bits per heavy atom. The Morgan fingerprint density at radius 3 is 2.71 bits per heavy atom. The van der Waals surface area contributed by atoms with Crippen LogP contribution in [0.3, 0.4) is 0 Å². The van der Waals surface area contributed by atoms with Crippen LogP contribution >= 0.6 is 11.3 Å². The zero-order valence-corrected chi connectivity index (χ0v) is 12.3. The lowest BCUT2D eigenvalue weighted by Gasteiger charge is -2.25. The van der Waals surface area contributed by atoms with Crippen molar-refractivity contribution in [3.63, 3.8) is 0 Å². The molecule has 0 aromatic carbocycles. The second-order valence-electron chi connectivity index (χ2n) is 4.59. The standard InChI is InChI=1S/C13H25N3S/c1-5-7-14-9-12-10-17-13(15-12)16(8-6-2)11(3)4/h10-11,14H,5-9H2,1-4H3. The average molecular weight is 255 g/mol. The van der Waals surface area contributed by atoms with Crippen LogP contribution in [0, 0.1) is 0 Å². The maximum atomic E-state index is 4.70. The third-order valence-electron chi connectivity index (χ3n) is 2.61. The first-order valence-corrected chi connectivity index (χ1v) is 7.48. The van der Waals surface area contributed by atoms with Gasteiger partial charge in [0.05, 0.1) is 5.69 Å². The number of hydrogen-bond acceptors (Lipinski definition) is 4. The highest BCUT2D eigenvalue weighted by Crippen LogP contribution is 2.22. The van der Waals surface area contributed by atoms with E-state index in [2.05, 4.69) is 43.3 Å². The van der Waals surface area contributed by atoms with E-state index in [1.807, 2.05) is 0 Å². The van der Waals surface area contributed by atoms with E-state index in [4.69, 9.17) is 4.98 Å². The maximum absolute atomic E-state index is 4.70. The van der Waals surface area contributed by atoms with Crippen molar-refractivity contribution in [2.24, 2.45) is 0 Å². The number of nitrogens with zero attached hydrogens (tertiary/aromatic N) is 2. The molecule has 0 atom stereocenters. The number of thiazole rings is 1. The summed E-state index contributed by atoms with van der Waals surface area (Å²) in [5.74, 6) is 0. The highest BCUT2D eigenvalue weighted by Gasteiger charge is 2.13. The summed E-state index contributed by atoms with van der Waals surface area (Å²) in [6.07, 6.45) is 2.34. The minimum atomic E-state index is 0.526. The highest BCUT2D eigenvalue weighted by atomic mass is 32.1. The molecule has 1 heterocycles. The number of aromatic nitrogens is 1. The van der Waals surface area contributed by atoms with Gasteiger partial charge in [-0.05, 0) is 33.2 Å². The molecule has 4 heteroatoms. The van der Waals surface area contributed by atoms with Gasteiger partial charge in [-0.25, -0.2) is 4.98 Å². The molecule has 0 saturated carbocycles. The fourth-order valence-corrected chi connectivity index (χ4v) is 2.70. The molecule has 98 valence electrons. The first-order valence-electron chi connectivity index (χ1n) is 6.60. The smallest absolute Gasteiger partial charge is 0.185 e. The number of hydrogen-bond donors (Lipinski definition) is 1. The predicted octanol–water partition coefficient (Wildman–Crippen LogP) is 3.27. The summed E-state index contributed by atoms with van der Waals surface area (Å²) in [5, 5.41) is 6.72. The van der Waals surface area contributed by atoms with Crippen molar-refractivity contribution in [2.75, 3.05) is 18.0 Å². The van der Waals surface area contributed by atoms with Crippen molar-refractivity contribution in [1.29, 1.82) is 0 Å². The normalized spacial score (nSPS) is 11.1. The van der Waals surface area contributed by atoms with Gasteiger partial charge in [-0.3, -0.25) is 0 Å². The van der Waals surface area contributed by atoms with Crippen LogP contribution < -0.4 is 10.2 Å². The van der Waals surface area contributed by atoms with Gasteiger partial charge in [0.25, 0.3) is 0 Å². The summed E-state index contributed by atoms with van der Waals surface area (Å²) in [5.41, 5.74) is 1.17. The van der Waals surface area contributed by atoms with Crippen LogP contribution in [-0.4, -0.2) is 24.1 Å². The zero-order chi connectivity index (χ0) is 12.7. The monoisotopic (exact) mass is 255 g/mol. The lowest BCUT2D eigenvalue weighted by atomic mass is 10.3. The van der Waals surface area contributed by atoms with Crippen molar-refractivity contribution in [3.8, 4) is 0 Å². The first-order chi connectivity index (χ1) is 8.19. The third kappa shape index (κ3) is 4.64. The van der Waals surface area contributed by atoms with Crippen LogP contribution in [-0.2, 0) is 6.54 Å². The van der Waals surface area contributed by atoms with E-state index < -0.39 is 0 Å². The average Bonchev–Trinajstić information content (AvgIpc) is 2.74. The lowest BCUT2D eigenvalue weighted by molar-refractivity contribution is 0.653. The van der Waals surface area contributed by atoms with Crippen LogP contribution in [0.15, 0.2) is 5.38 Å². The van der Waals surface area contributed by atoms with E-state index in [1.54, 1.807) is 11.3 Å². The molecule has 0 aliphatic rings. The van der Waals surface area contributed by atoms with Crippen molar-refractivity contribution < 1.29 is 0 Å². The number of anilines is 1. The molecule has 0 unspecified atom stereocenters. The molecule has 0 fully saturated rings. The molecular weight excluding hydrogens is 230 g/mol. The van der Waals surface area contributed by atoms with Gasteiger partial charge in [0.2, 0.25) is 0 Å². The Labute approximate surface area is 109 Å². The van der Waals surface area contributed by atoms with Crippen molar-refractivity contribution >= 4 is 16.5 Å². The van der Waals surface area contributed by atoms with E-state index >= 15 is 0 Å². The number of nitrogens with one attached hydrogen (secondary N) is 1. The second-order valence-corrected chi connectivity index (χ2v) is 5.42. The first kappa shape index (κ1) is 14.5. The minimum Gasteiger partial charge on any atom is -0.346 e. The summed E-state index contributed by atoms with van der Waals surface area (Å²) in [7, 11) is 0. The molecule has 0 radical (unpaired) electrons. The summed E-state index contributed by atoms with van der Waals surface area (Å²) in [6, 6.07) is 0.526. The summed E-state index contributed by atoms with van der Waals surface area (Å²) >= 11 is 1.76. The Morgan fingerprint density at radius 1 is 1.35 bits per heavy atom. The molecule has 0 spiro atoms. The topological polar surface area (TPSA) is 28.2 Å². The van der Waals surface area contributed by atoms with Crippen molar-refractivity contribution in [1.82, 2.24) is 10.3 Å². The fourth-order valence-electron chi connectivity index (χ4n) is 1.72.